The fourth-order valence-corrected chi connectivity index (χ4v) is 18.6. The topological polar surface area (TPSA) is 177 Å². The Morgan fingerprint density at radius 1 is 0.561 bits per heavy atom. The van der Waals surface area contributed by atoms with Crippen LogP contribution < -0.4 is 5.73 Å². The summed E-state index contributed by atoms with van der Waals surface area (Å²) in [5.41, 5.74) is 4.12. The van der Waals surface area contributed by atoms with Crippen LogP contribution in [0.25, 0.3) is 0 Å². The fourth-order valence-electron chi connectivity index (χ4n) is 16.4. The number of aliphatic hydroxyl groups excluding tert-OH is 1. The molecule has 8 aliphatic carbocycles. The number of ether oxygens (including phenoxy) is 2. The lowest BCUT2D eigenvalue weighted by Gasteiger charge is -2.50. The molecular weight excluding hydrogens is 1460 g/mol. The molecule has 82 heavy (non-hydrogen) atoms. The van der Waals surface area contributed by atoms with E-state index < -0.39 is 22.4 Å². The zero-order chi connectivity index (χ0) is 61.8. The van der Waals surface area contributed by atoms with Crippen molar-refractivity contribution in [1.29, 1.82) is 0 Å². The van der Waals surface area contributed by atoms with Gasteiger partial charge in [0.2, 0.25) is 0 Å². The molecule has 0 spiro atoms. The van der Waals surface area contributed by atoms with Crippen LogP contribution in [0, 0.1) is 50.7 Å². The van der Waals surface area contributed by atoms with E-state index in [9.17, 15) is 34.2 Å². The molecule has 19 heteroatoms. The fraction of sp³-hybridized carbons (Fsp3) is 0.921. The highest BCUT2D eigenvalue weighted by atomic mass is 79.9. The van der Waals surface area contributed by atoms with E-state index in [2.05, 4.69) is 152 Å². The number of aliphatic hydroxyl groups is 1. The standard InChI is InChI=1S/C14H25NO.C14H23NO.C10H14O3.C9H15NO.C5H10Br2.C4H8Br2O.C4H8Br2.C3H5ClO2/c2*1-13(2)11-6-7-14(13,12(16)10-11)15-8-4-3-5-9-15;1-9(2)6-3-4-10(9,8(12)13)7(11)5-6;1-8(2)6-3-4-9(8,10)7(11)5-6;6-4-2-1-3-5-7;5-1-3-7-4-2-6;5-3-1-2-4-6;1-2-6-3(4)5/h11-12,16H,3-10H2,1-2H3;11H,3-10H2,1-2H3;6H,3-5H2,1-2H3,(H,12,13);6H,3-5,10H2,1-2H3;1-5H2;1-4H2;1-4H2;2H2,1H3. The van der Waals surface area contributed by atoms with Crippen molar-refractivity contribution in [3.63, 3.8) is 0 Å². The highest BCUT2D eigenvalue weighted by Crippen LogP contribution is 2.65. The van der Waals surface area contributed by atoms with Gasteiger partial charge in [-0.2, -0.15) is 0 Å². The summed E-state index contributed by atoms with van der Waals surface area (Å²) in [6.07, 6.45) is 26.0. The zero-order valence-corrected chi connectivity index (χ0v) is 62.0. The first-order chi connectivity index (χ1) is 38.6. The maximum absolute atomic E-state index is 12.4. The van der Waals surface area contributed by atoms with Gasteiger partial charge in [-0.3, -0.25) is 29.0 Å². The Hall–Kier alpha value is 0.920. The summed E-state index contributed by atoms with van der Waals surface area (Å²) < 4.78 is 9.21. The third-order valence-corrected chi connectivity index (χ3v) is 25.0. The highest BCUT2D eigenvalue weighted by Gasteiger charge is 2.70. The van der Waals surface area contributed by atoms with Gasteiger partial charge in [-0.25, -0.2) is 4.79 Å². The van der Waals surface area contributed by atoms with Crippen LogP contribution in [0.5, 0.6) is 0 Å². The summed E-state index contributed by atoms with van der Waals surface area (Å²) in [5.74, 6) is 2.13. The van der Waals surface area contributed by atoms with E-state index >= 15 is 0 Å². The van der Waals surface area contributed by atoms with Gasteiger partial charge in [0.05, 0.1) is 42.5 Å². The molecule has 2 aliphatic heterocycles. The van der Waals surface area contributed by atoms with Gasteiger partial charge in [0.1, 0.15) is 5.41 Å². The number of halogens is 7. The van der Waals surface area contributed by atoms with Crippen LogP contribution in [0.1, 0.15) is 210 Å². The van der Waals surface area contributed by atoms with Crippen molar-refractivity contribution < 1.29 is 43.7 Å². The Morgan fingerprint density at radius 2 is 1.00 bits per heavy atom. The minimum Gasteiger partial charge on any atom is -0.480 e. The molecule has 2 heterocycles. The van der Waals surface area contributed by atoms with Crippen molar-refractivity contribution in [2.24, 2.45) is 56.5 Å². The number of likely N-dealkylation sites (tertiary alicyclic amines) is 2. The van der Waals surface area contributed by atoms with Gasteiger partial charge in [-0.1, -0.05) is 170 Å². The van der Waals surface area contributed by atoms with Crippen molar-refractivity contribution in [3.8, 4) is 0 Å². The molecule has 9 unspecified atom stereocenters. The lowest BCUT2D eigenvalue weighted by Crippen LogP contribution is -2.60. The minimum absolute atomic E-state index is 0.0544. The number of piperidine rings is 2. The maximum Gasteiger partial charge on any atom is 0.403 e. The van der Waals surface area contributed by atoms with Crippen LogP contribution in [0.3, 0.4) is 0 Å². The summed E-state index contributed by atoms with van der Waals surface area (Å²) in [6, 6.07) is 0. The Morgan fingerprint density at radius 3 is 1.29 bits per heavy atom. The second-order valence-corrected chi connectivity index (χ2v) is 31.8. The number of ketones is 3. The number of carbonyl (C=O) groups is 5. The molecule has 0 amide bonds. The van der Waals surface area contributed by atoms with Gasteiger partial charge in [-0.05, 0) is 188 Å². The van der Waals surface area contributed by atoms with E-state index in [0.717, 1.165) is 109 Å². The average Bonchev–Trinajstić information content (AvgIpc) is 3.74. The van der Waals surface area contributed by atoms with Crippen LogP contribution in [0.2, 0.25) is 0 Å². The van der Waals surface area contributed by atoms with Gasteiger partial charge >= 0.3 is 11.4 Å². The molecule has 4 N–H and O–H groups in total. The first kappa shape index (κ1) is 77.2. The van der Waals surface area contributed by atoms with Crippen LogP contribution in [-0.2, 0) is 28.7 Å². The number of nitrogens with zero attached hydrogens (tertiary/aromatic N) is 2. The molecule has 0 aromatic carbocycles. The van der Waals surface area contributed by atoms with E-state index in [4.69, 9.17) is 22.1 Å². The first-order valence-corrected chi connectivity index (χ1v) is 38.3. The number of hydrogen-bond donors (Lipinski definition) is 3. The summed E-state index contributed by atoms with van der Waals surface area (Å²) in [4.78, 5) is 61.5. The van der Waals surface area contributed by atoms with E-state index in [1.807, 2.05) is 13.8 Å². The summed E-state index contributed by atoms with van der Waals surface area (Å²) >= 11 is 24.6. The molecule has 8 bridgehead atoms. The third-order valence-electron chi connectivity index (χ3n) is 22.0. The number of carboxylic acids is 1. The number of hydrogen-bond acceptors (Lipinski definition) is 11. The Kier molecular flexibility index (Phi) is 33.4. The molecule has 10 aliphatic rings. The molecule has 9 atom stereocenters. The predicted octanol–water partition coefficient (Wildman–Crippen LogP) is 16.3. The molecule has 12 nitrogen and oxygen atoms in total. The SMILES string of the molecule is BrCCCCBr.BrCCCCCBr.BrCCOCCBr.CC1(C)C2CCC1(C(=O)O)C(=O)C2.CC1(C)C2CCC1(N)C(=O)C2.CC1(C)C2CCC1(N1CCCCC1)C(=O)C2.CC1(C)C2CCC1(N1CCCCC1)C(O)C2.CCOC(=O)Cl. The number of alkyl halides is 6. The minimum atomic E-state index is -1.06. The van der Waals surface area contributed by atoms with E-state index in [1.54, 1.807) is 6.92 Å². The number of fused-ring (bicyclic) bond motifs is 8. The summed E-state index contributed by atoms with van der Waals surface area (Å²) in [7, 11) is 0. The summed E-state index contributed by atoms with van der Waals surface area (Å²) in [5, 5.41) is 26.1. The average molecular weight is 1570 g/mol. The first-order valence-electron chi connectivity index (χ1n) is 31.2. The van der Waals surface area contributed by atoms with Crippen molar-refractivity contribution in [2.45, 2.75) is 233 Å². The third kappa shape index (κ3) is 17.3. The summed E-state index contributed by atoms with van der Waals surface area (Å²) in [6.45, 7) is 26.0. The molecule has 0 aromatic heterocycles. The van der Waals surface area contributed by atoms with Crippen molar-refractivity contribution >= 4 is 136 Å². The Labute approximate surface area is 551 Å². The molecule has 0 aromatic rings. The van der Waals surface area contributed by atoms with Crippen molar-refractivity contribution in [1.82, 2.24) is 9.80 Å². The van der Waals surface area contributed by atoms with Crippen LogP contribution in [0.4, 0.5) is 4.79 Å². The highest BCUT2D eigenvalue weighted by molar-refractivity contribution is 9.10. The van der Waals surface area contributed by atoms with Gasteiger partial charge in [0.15, 0.2) is 17.3 Å². The molecule has 10 rings (SSSR count). The van der Waals surface area contributed by atoms with Gasteiger partial charge in [0, 0.05) is 62.8 Å². The number of carboxylic acid groups (broad SMARTS) is 1. The van der Waals surface area contributed by atoms with Crippen molar-refractivity contribution in [2.75, 3.05) is 78.0 Å². The van der Waals surface area contributed by atoms with E-state index in [1.165, 1.54) is 103 Å². The molecule has 2 saturated heterocycles. The largest absolute Gasteiger partial charge is 0.480 e. The van der Waals surface area contributed by atoms with Crippen LogP contribution in [-0.4, -0.2) is 149 Å². The van der Waals surface area contributed by atoms with E-state index in [0.29, 0.717) is 48.3 Å². The van der Waals surface area contributed by atoms with Crippen molar-refractivity contribution in [3.05, 3.63) is 0 Å². The molecule has 8 saturated carbocycles. The monoisotopic (exact) mass is 1560 g/mol. The maximum atomic E-state index is 12.4. The zero-order valence-electron chi connectivity index (χ0n) is 51.7. The van der Waals surface area contributed by atoms with Gasteiger partial charge < -0.3 is 25.4 Å². The van der Waals surface area contributed by atoms with Crippen LogP contribution >= 0.6 is 107 Å². The lowest BCUT2D eigenvalue weighted by atomic mass is 9.69. The lowest BCUT2D eigenvalue weighted by molar-refractivity contribution is -0.158. The Balaban J connectivity index is 0.000000254. The molecular formula is C63H108Br6ClN3O9. The molecule has 0 radical (unpaired) electrons. The quantitative estimate of drug-likeness (QED) is 0.0613. The Bertz CT molecular complexity index is 1970. The second-order valence-electron chi connectivity index (χ2n) is 26.7. The normalized spacial score (nSPS) is 33.2. The van der Waals surface area contributed by atoms with Crippen LogP contribution in [0.15, 0.2) is 0 Å². The number of carbonyl (C=O) groups excluding carboxylic acids is 4. The van der Waals surface area contributed by atoms with Gasteiger partial charge in [-0.15, -0.1) is 0 Å². The molecule has 10 fully saturated rings. The molecule has 478 valence electrons. The predicted molar refractivity (Wildman–Crippen MR) is 358 cm³/mol. The second kappa shape index (κ2) is 35.5. The van der Waals surface area contributed by atoms with Gasteiger partial charge in [0.25, 0.3) is 0 Å². The smallest absolute Gasteiger partial charge is 0.403 e. The van der Waals surface area contributed by atoms with E-state index in [-0.39, 0.29) is 45.1 Å². The number of unbranched alkanes of at least 4 members (excludes halogenated alkanes) is 3. The number of rotatable bonds is 15. The number of aliphatic carboxylic acids is 1. The number of Topliss-reactive ketones (excluding diaryl/α,β-unsaturated/α-hetero) is 3. The number of nitrogens with two attached hydrogens (primary N) is 1.